The summed E-state index contributed by atoms with van der Waals surface area (Å²) in [6.45, 7) is 10.8. The molecule has 0 spiro atoms. The highest BCUT2D eigenvalue weighted by atomic mass is 16.6. The van der Waals surface area contributed by atoms with Crippen molar-refractivity contribution in [1.82, 2.24) is 0 Å². The molecule has 0 bridgehead atoms. The SMILES string of the molecule is C=C/C(=C(C)\C=C/C)[N+](=O)[O-].CC. The smallest absolute Gasteiger partial charge is 0.258 e. The van der Waals surface area contributed by atoms with Crippen molar-refractivity contribution in [2.45, 2.75) is 27.7 Å². The minimum atomic E-state index is -0.442. The zero-order valence-corrected chi connectivity index (χ0v) is 8.70. The third-order valence-corrected chi connectivity index (χ3v) is 1.21. The quantitative estimate of drug-likeness (QED) is 0.382. The highest BCUT2D eigenvalue weighted by Crippen LogP contribution is 2.06. The van der Waals surface area contributed by atoms with Crippen LogP contribution >= 0.6 is 0 Å². The first-order valence-electron chi connectivity index (χ1n) is 4.24. The van der Waals surface area contributed by atoms with Gasteiger partial charge in [0.15, 0.2) is 0 Å². The predicted octanol–water partition coefficient (Wildman–Crippen LogP) is 3.33. The third-order valence-electron chi connectivity index (χ3n) is 1.21. The Labute approximate surface area is 79.6 Å². The van der Waals surface area contributed by atoms with E-state index in [-0.39, 0.29) is 5.70 Å². The Morgan fingerprint density at radius 1 is 1.46 bits per heavy atom. The summed E-state index contributed by atoms with van der Waals surface area (Å²) in [4.78, 5) is 9.85. The van der Waals surface area contributed by atoms with Crippen LogP contribution in [0.1, 0.15) is 27.7 Å². The van der Waals surface area contributed by atoms with E-state index in [0.717, 1.165) is 0 Å². The molecule has 0 rings (SSSR count). The Balaban J connectivity index is 0. The number of hydrogen-bond acceptors (Lipinski definition) is 2. The summed E-state index contributed by atoms with van der Waals surface area (Å²) in [5, 5.41) is 10.3. The zero-order valence-electron chi connectivity index (χ0n) is 8.70. The summed E-state index contributed by atoms with van der Waals surface area (Å²) < 4.78 is 0. The van der Waals surface area contributed by atoms with Crippen molar-refractivity contribution < 1.29 is 4.92 Å². The van der Waals surface area contributed by atoms with Gasteiger partial charge in [-0.1, -0.05) is 32.6 Å². The zero-order chi connectivity index (χ0) is 10.9. The largest absolute Gasteiger partial charge is 0.271 e. The standard InChI is InChI=1S/C8H11NO2.C2H6/c1-4-6-7(3)8(5-2)9(10)11;1-2/h4-6H,2H2,1,3H3;1-2H3/b6-4-,8-7+;. The molecule has 0 aromatic carbocycles. The van der Waals surface area contributed by atoms with Crippen LogP contribution in [-0.2, 0) is 0 Å². The van der Waals surface area contributed by atoms with Gasteiger partial charge < -0.3 is 0 Å². The second-order valence-electron chi connectivity index (χ2n) is 2.03. The molecule has 13 heavy (non-hydrogen) atoms. The molecule has 74 valence electrons. The van der Waals surface area contributed by atoms with Crippen LogP contribution in [0.15, 0.2) is 36.1 Å². The van der Waals surface area contributed by atoms with E-state index in [2.05, 4.69) is 6.58 Å². The van der Waals surface area contributed by atoms with Gasteiger partial charge in [-0.25, -0.2) is 0 Å². The lowest BCUT2D eigenvalue weighted by Gasteiger charge is -1.92. The van der Waals surface area contributed by atoms with Crippen molar-refractivity contribution in [3.63, 3.8) is 0 Å². The number of nitrogens with zero attached hydrogens (tertiary/aromatic N) is 1. The first kappa shape index (κ1) is 14.2. The Morgan fingerprint density at radius 2 is 1.92 bits per heavy atom. The minimum Gasteiger partial charge on any atom is -0.258 e. The summed E-state index contributed by atoms with van der Waals surface area (Å²) in [6.07, 6.45) is 4.68. The molecule has 0 amide bonds. The van der Waals surface area contributed by atoms with Crippen molar-refractivity contribution in [2.24, 2.45) is 0 Å². The van der Waals surface area contributed by atoms with Crippen LogP contribution in [0.25, 0.3) is 0 Å². The monoisotopic (exact) mass is 183 g/mol. The molecule has 0 aliphatic carbocycles. The number of nitro groups is 1. The summed E-state index contributed by atoms with van der Waals surface area (Å²) >= 11 is 0. The molecule has 0 saturated heterocycles. The molecule has 3 heteroatoms. The third kappa shape index (κ3) is 5.84. The summed E-state index contributed by atoms with van der Waals surface area (Å²) in [7, 11) is 0. The first-order valence-corrected chi connectivity index (χ1v) is 4.24. The molecule has 0 aromatic rings. The maximum absolute atomic E-state index is 10.3. The van der Waals surface area contributed by atoms with Crippen LogP contribution in [0, 0.1) is 10.1 Å². The van der Waals surface area contributed by atoms with Gasteiger partial charge in [-0.3, -0.25) is 10.1 Å². The summed E-state index contributed by atoms with van der Waals surface area (Å²) in [6, 6.07) is 0. The van der Waals surface area contributed by atoms with Gasteiger partial charge in [0.05, 0.1) is 4.92 Å². The minimum absolute atomic E-state index is 0.0584. The molecule has 0 aromatic heterocycles. The van der Waals surface area contributed by atoms with Crippen LogP contribution < -0.4 is 0 Å². The predicted molar refractivity (Wildman–Crippen MR) is 56.1 cm³/mol. The van der Waals surface area contributed by atoms with Crippen molar-refractivity contribution in [2.75, 3.05) is 0 Å². The summed E-state index contributed by atoms with van der Waals surface area (Å²) in [5.41, 5.74) is 0.676. The van der Waals surface area contributed by atoms with E-state index in [1.54, 1.807) is 19.1 Å². The maximum atomic E-state index is 10.3. The molecule has 3 nitrogen and oxygen atoms in total. The normalized spacial score (nSPS) is 11.4. The Bertz CT molecular complexity index is 227. The van der Waals surface area contributed by atoms with Crippen LogP contribution in [0.4, 0.5) is 0 Å². The van der Waals surface area contributed by atoms with E-state index in [0.29, 0.717) is 5.57 Å². The molecule has 0 heterocycles. The van der Waals surface area contributed by atoms with Crippen LogP contribution in [0.5, 0.6) is 0 Å². The van der Waals surface area contributed by atoms with E-state index >= 15 is 0 Å². The molecule has 0 unspecified atom stereocenters. The Hall–Kier alpha value is -1.38. The van der Waals surface area contributed by atoms with Gasteiger partial charge in [0, 0.05) is 11.6 Å². The second-order valence-corrected chi connectivity index (χ2v) is 2.03. The number of rotatable bonds is 3. The fraction of sp³-hybridized carbons (Fsp3) is 0.400. The van der Waals surface area contributed by atoms with Crippen LogP contribution in [-0.4, -0.2) is 4.92 Å². The van der Waals surface area contributed by atoms with E-state index in [1.807, 2.05) is 20.8 Å². The van der Waals surface area contributed by atoms with E-state index in [9.17, 15) is 10.1 Å². The molecule has 0 aliphatic rings. The molecular formula is C10H17NO2. The highest BCUT2D eigenvalue weighted by molar-refractivity contribution is 5.25. The van der Waals surface area contributed by atoms with Crippen molar-refractivity contribution in [1.29, 1.82) is 0 Å². The molecule has 0 N–H and O–H groups in total. The van der Waals surface area contributed by atoms with E-state index in [1.165, 1.54) is 6.08 Å². The van der Waals surface area contributed by atoms with Crippen molar-refractivity contribution in [3.05, 3.63) is 46.2 Å². The van der Waals surface area contributed by atoms with Crippen LogP contribution in [0.2, 0.25) is 0 Å². The Morgan fingerprint density at radius 3 is 2.15 bits per heavy atom. The average Bonchev–Trinajstić information content (AvgIpc) is 2.09. The first-order chi connectivity index (χ1) is 6.13. The maximum Gasteiger partial charge on any atom is 0.271 e. The molecule has 0 fully saturated rings. The van der Waals surface area contributed by atoms with Gasteiger partial charge in [0.25, 0.3) is 5.70 Å². The van der Waals surface area contributed by atoms with Gasteiger partial charge in [0.1, 0.15) is 0 Å². The van der Waals surface area contributed by atoms with E-state index in [4.69, 9.17) is 0 Å². The number of hydrogen-bond donors (Lipinski definition) is 0. The lowest BCUT2D eigenvalue weighted by Crippen LogP contribution is -1.97. The number of allylic oxidation sites excluding steroid dienone is 4. The van der Waals surface area contributed by atoms with Gasteiger partial charge in [-0.05, 0) is 13.8 Å². The second kappa shape index (κ2) is 8.71. The Kier molecular flexibility index (Phi) is 9.49. The molecule has 0 radical (unpaired) electrons. The average molecular weight is 183 g/mol. The molecule has 0 atom stereocenters. The van der Waals surface area contributed by atoms with Crippen LogP contribution in [0.3, 0.4) is 0 Å². The van der Waals surface area contributed by atoms with Crippen molar-refractivity contribution >= 4 is 0 Å². The lowest BCUT2D eigenvalue weighted by atomic mass is 10.2. The van der Waals surface area contributed by atoms with Gasteiger partial charge in [0.2, 0.25) is 0 Å². The van der Waals surface area contributed by atoms with Crippen molar-refractivity contribution in [3.8, 4) is 0 Å². The highest BCUT2D eigenvalue weighted by Gasteiger charge is 2.06. The fourth-order valence-corrected chi connectivity index (χ4v) is 0.715. The molecular weight excluding hydrogens is 166 g/mol. The topological polar surface area (TPSA) is 43.1 Å². The summed E-state index contributed by atoms with van der Waals surface area (Å²) in [5.74, 6) is 0. The molecule has 0 saturated carbocycles. The lowest BCUT2D eigenvalue weighted by molar-refractivity contribution is -0.419. The van der Waals surface area contributed by atoms with E-state index < -0.39 is 4.92 Å². The molecule has 0 aliphatic heterocycles. The fourth-order valence-electron chi connectivity index (χ4n) is 0.715. The van der Waals surface area contributed by atoms with Gasteiger partial charge >= 0.3 is 0 Å². The van der Waals surface area contributed by atoms with Gasteiger partial charge in [-0.2, -0.15) is 0 Å². The van der Waals surface area contributed by atoms with Gasteiger partial charge in [-0.15, -0.1) is 0 Å².